The summed E-state index contributed by atoms with van der Waals surface area (Å²) in [6, 6.07) is 10.4. The van der Waals surface area contributed by atoms with Crippen LogP contribution in [-0.4, -0.2) is 34.9 Å². The third kappa shape index (κ3) is 4.81. The largest absolute Gasteiger partial charge is 0.349 e. The molecule has 1 amide bonds. The topological polar surface area (TPSA) is 45.2 Å². The van der Waals surface area contributed by atoms with Crippen LogP contribution in [0.4, 0.5) is 0 Å². The van der Waals surface area contributed by atoms with E-state index in [1.54, 1.807) is 12.3 Å². The Morgan fingerprint density at radius 2 is 2.08 bits per heavy atom. The summed E-state index contributed by atoms with van der Waals surface area (Å²) in [6.07, 6.45) is 3.47. The second kappa shape index (κ2) is 8.30. The summed E-state index contributed by atoms with van der Waals surface area (Å²) in [5.41, 5.74) is 3.12. The number of carbonyl (C=O) groups excluding carboxylic acids is 1. The Kier molecular flexibility index (Phi) is 6.10. The lowest BCUT2D eigenvalue weighted by Gasteiger charge is -2.32. The average Bonchev–Trinajstić information content (AvgIpc) is 2.60. The Hall–Kier alpha value is -1.43. The number of piperidine rings is 1. The van der Waals surface area contributed by atoms with E-state index in [2.05, 4.69) is 62.3 Å². The second-order valence-corrected chi connectivity index (χ2v) is 7.72. The Labute approximate surface area is 161 Å². The summed E-state index contributed by atoms with van der Waals surface area (Å²) in [5, 5.41) is 3.32. The van der Waals surface area contributed by atoms with Crippen LogP contribution in [0.2, 0.25) is 5.15 Å². The Morgan fingerprint density at radius 3 is 2.80 bits per heavy atom. The molecule has 132 valence electrons. The van der Waals surface area contributed by atoms with E-state index in [1.165, 1.54) is 11.1 Å². The van der Waals surface area contributed by atoms with Gasteiger partial charge in [-0.15, -0.1) is 0 Å². The molecule has 1 fully saturated rings. The Morgan fingerprint density at radius 1 is 1.36 bits per heavy atom. The average molecular weight is 423 g/mol. The fourth-order valence-electron chi connectivity index (χ4n) is 3.11. The third-order valence-electron chi connectivity index (χ3n) is 4.63. The molecule has 0 unspecified atom stereocenters. The number of benzene rings is 1. The summed E-state index contributed by atoms with van der Waals surface area (Å²) in [6.45, 7) is 5.07. The van der Waals surface area contributed by atoms with Gasteiger partial charge in [0.05, 0.1) is 5.56 Å². The van der Waals surface area contributed by atoms with E-state index in [-0.39, 0.29) is 17.1 Å². The van der Waals surface area contributed by atoms with Crippen molar-refractivity contribution in [2.45, 2.75) is 32.4 Å². The first-order valence-electron chi connectivity index (χ1n) is 8.41. The number of nitrogens with zero attached hydrogens (tertiary/aromatic N) is 2. The Bertz CT molecular complexity index is 760. The number of aromatic nitrogens is 1. The van der Waals surface area contributed by atoms with Crippen LogP contribution >= 0.6 is 27.5 Å². The number of nitrogens with one attached hydrogen (secondary N) is 1. The lowest BCUT2D eigenvalue weighted by molar-refractivity contribution is 0.0908. The van der Waals surface area contributed by atoms with E-state index in [1.807, 2.05) is 0 Å². The molecule has 2 heterocycles. The SMILES string of the molecule is Cc1ccccc1CN1CCC(NC(=O)c2cc(Br)cnc2Cl)CC1. The molecule has 0 aliphatic carbocycles. The van der Waals surface area contributed by atoms with Crippen LogP contribution in [0, 0.1) is 6.92 Å². The molecule has 1 N–H and O–H groups in total. The molecule has 0 radical (unpaired) electrons. The van der Waals surface area contributed by atoms with Crippen molar-refractivity contribution >= 4 is 33.4 Å². The van der Waals surface area contributed by atoms with Gasteiger partial charge in [-0.3, -0.25) is 9.69 Å². The van der Waals surface area contributed by atoms with Gasteiger partial charge in [0.15, 0.2) is 0 Å². The maximum absolute atomic E-state index is 12.4. The molecule has 1 aromatic carbocycles. The van der Waals surface area contributed by atoms with E-state index in [0.29, 0.717) is 5.56 Å². The minimum atomic E-state index is -0.156. The smallest absolute Gasteiger partial charge is 0.254 e. The molecule has 0 bridgehead atoms. The van der Waals surface area contributed by atoms with Gasteiger partial charge in [0, 0.05) is 36.3 Å². The summed E-state index contributed by atoms with van der Waals surface area (Å²) < 4.78 is 0.745. The zero-order chi connectivity index (χ0) is 17.8. The number of halogens is 2. The normalized spacial score (nSPS) is 16.0. The number of likely N-dealkylation sites (tertiary alicyclic amines) is 1. The first-order chi connectivity index (χ1) is 12.0. The molecule has 0 spiro atoms. The molecular weight excluding hydrogens is 402 g/mol. The van der Waals surface area contributed by atoms with Crippen LogP contribution in [0.25, 0.3) is 0 Å². The van der Waals surface area contributed by atoms with Crippen LogP contribution < -0.4 is 5.32 Å². The highest BCUT2D eigenvalue weighted by molar-refractivity contribution is 9.10. The zero-order valence-corrected chi connectivity index (χ0v) is 16.5. The van der Waals surface area contributed by atoms with Crippen molar-refractivity contribution in [3.63, 3.8) is 0 Å². The lowest BCUT2D eigenvalue weighted by atomic mass is 10.0. The minimum absolute atomic E-state index is 0.156. The number of amides is 1. The zero-order valence-electron chi connectivity index (χ0n) is 14.1. The predicted molar refractivity (Wildman–Crippen MR) is 104 cm³/mol. The maximum atomic E-state index is 12.4. The number of aryl methyl sites for hydroxylation is 1. The van der Waals surface area contributed by atoms with Crippen LogP contribution in [0.1, 0.15) is 34.3 Å². The van der Waals surface area contributed by atoms with Gasteiger partial charge in [0.2, 0.25) is 0 Å². The van der Waals surface area contributed by atoms with Crippen LogP contribution in [0.5, 0.6) is 0 Å². The van der Waals surface area contributed by atoms with Crippen molar-refractivity contribution < 1.29 is 4.79 Å². The number of hydrogen-bond donors (Lipinski definition) is 1. The lowest BCUT2D eigenvalue weighted by Crippen LogP contribution is -2.44. The summed E-state index contributed by atoms with van der Waals surface area (Å²) in [4.78, 5) is 18.9. The van der Waals surface area contributed by atoms with Crippen molar-refractivity contribution in [2.24, 2.45) is 0 Å². The highest BCUT2D eigenvalue weighted by atomic mass is 79.9. The summed E-state index contributed by atoms with van der Waals surface area (Å²) in [7, 11) is 0. The molecular formula is C19H21BrClN3O. The van der Waals surface area contributed by atoms with Crippen molar-refractivity contribution in [1.29, 1.82) is 0 Å². The second-order valence-electron chi connectivity index (χ2n) is 6.44. The maximum Gasteiger partial charge on any atom is 0.254 e. The van der Waals surface area contributed by atoms with Gasteiger partial charge in [0.1, 0.15) is 5.15 Å². The van der Waals surface area contributed by atoms with E-state index < -0.39 is 0 Å². The van der Waals surface area contributed by atoms with E-state index in [0.717, 1.165) is 36.9 Å². The molecule has 0 saturated carbocycles. The number of hydrogen-bond acceptors (Lipinski definition) is 3. The molecule has 1 aromatic heterocycles. The fourth-order valence-corrected chi connectivity index (χ4v) is 3.63. The number of carbonyl (C=O) groups is 1. The summed E-state index contributed by atoms with van der Waals surface area (Å²) >= 11 is 9.36. The predicted octanol–water partition coefficient (Wildman–Crippen LogP) is 4.20. The van der Waals surface area contributed by atoms with Crippen molar-refractivity contribution in [1.82, 2.24) is 15.2 Å². The van der Waals surface area contributed by atoms with Gasteiger partial charge in [-0.2, -0.15) is 0 Å². The van der Waals surface area contributed by atoms with E-state index in [4.69, 9.17) is 11.6 Å². The quantitative estimate of drug-likeness (QED) is 0.751. The number of rotatable bonds is 4. The van der Waals surface area contributed by atoms with Gasteiger partial charge in [-0.25, -0.2) is 4.98 Å². The first-order valence-corrected chi connectivity index (χ1v) is 9.59. The molecule has 1 saturated heterocycles. The van der Waals surface area contributed by atoms with Crippen molar-refractivity contribution in [3.05, 3.63) is 62.8 Å². The van der Waals surface area contributed by atoms with E-state index >= 15 is 0 Å². The highest BCUT2D eigenvalue weighted by Crippen LogP contribution is 2.20. The summed E-state index contributed by atoms with van der Waals surface area (Å²) in [5.74, 6) is -0.156. The van der Waals surface area contributed by atoms with Crippen LogP contribution in [-0.2, 0) is 6.54 Å². The molecule has 1 aliphatic heterocycles. The first kappa shape index (κ1) is 18.4. The van der Waals surface area contributed by atoms with Gasteiger partial charge in [-0.05, 0) is 52.9 Å². The minimum Gasteiger partial charge on any atom is -0.349 e. The van der Waals surface area contributed by atoms with Gasteiger partial charge >= 0.3 is 0 Å². The molecule has 6 heteroatoms. The molecule has 4 nitrogen and oxygen atoms in total. The van der Waals surface area contributed by atoms with Gasteiger partial charge in [0.25, 0.3) is 5.91 Å². The molecule has 2 aromatic rings. The van der Waals surface area contributed by atoms with Crippen molar-refractivity contribution in [3.8, 4) is 0 Å². The van der Waals surface area contributed by atoms with Crippen molar-refractivity contribution in [2.75, 3.05) is 13.1 Å². The Balaban J connectivity index is 1.53. The standard InChI is InChI=1S/C19H21BrClN3O/c1-13-4-2-3-5-14(13)12-24-8-6-16(7-9-24)23-19(25)17-10-15(20)11-22-18(17)21/h2-5,10-11,16H,6-9,12H2,1H3,(H,23,25). The third-order valence-corrected chi connectivity index (χ3v) is 5.36. The van der Waals surface area contributed by atoms with Gasteiger partial charge < -0.3 is 5.32 Å². The molecule has 1 aliphatic rings. The highest BCUT2D eigenvalue weighted by Gasteiger charge is 2.22. The fraction of sp³-hybridized carbons (Fsp3) is 0.368. The molecule has 25 heavy (non-hydrogen) atoms. The molecule has 3 rings (SSSR count). The monoisotopic (exact) mass is 421 g/mol. The van der Waals surface area contributed by atoms with Crippen LogP contribution in [0.15, 0.2) is 41.0 Å². The van der Waals surface area contributed by atoms with Crippen LogP contribution in [0.3, 0.4) is 0 Å². The molecule has 0 atom stereocenters. The van der Waals surface area contributed by atoms with E-state index in [9.17, 15) is 4.79 Å². The van der Waals surface area contributed by atoms with Gasteiger partial charge in [-0.1, -0.05) is 35.9 Å². The number of pyridine rings is 1.